The number of hydrogen-bond donors (Lipinski definition) is 1. The van der Waals surface area contributed by atoms with Crippen LogP contribution in [0.4, 0.5) is 0 Å². The summed E-state index contributed by atoms with van der Waals surface area (Å²) in [5, 5.41) is 1.29. The molecule has 0 fully saturated rings. The molecule has 3 rings (SSSR count). The zero-order valence-electron chi connectivity index (χ0n) is 12.3. The number of allylic oxidation sites excluding steroid dienone is 1. The Morgan fingerprint density at radius 2 is 2.27 bits per heavy atom. The number of rotatable bonds is 5. The van der Waals surface area contributed by atoms with Crippen LogP contribution >= 0.6 is 23.1 Å². The molecule has 2 N–H and O–H groups in total. The Labute approximate surface area is 136 Å². The summed E-state index contributed by atoms with van der Waals surface area (Å²) in [7, 11) is 0. The number of nitrogens with two attached hydrogens (primary N) is 1. The van der Waals surface area contributed by atoms with Gasteiger partial charge in [-0.1, -0.05) is 23.9 Å². The van der Waals surface area contributed by atoms with E-state index in [1.54, 1.807) is 15.9 Å². The van der Waals surface area contributed by atoms with Crippen molar-refractivity contribution in [3.8, 4) is 0 Å². The summed E-state index contributed by atoms with van der Waals surface area (Å²) in [5.41, 5.74) is 7.22. The first-order chi connectivity index (χ1) is 10.5. The number of nitrogens with zero attached hydrogens (tertiary/aromatic N) is 2. The number of carbonyl (C=O) groups excluding carboxylic acids is 1. The van der Waals surface area contributed by atoms with Crippen LogP contribution < -0.4 is 11.3 Å². The van der Waals surface area contributed by atoms with Gasteiger partial charge in [0, 0.05) is 11.4 Å². The van der Waals surface area contributed by atoms with Crippen molar-refractivity contribution in [3.63, 3.8) is 0 Å². The first-order valence-corrected chi connectivity index (χ1v) is 8.88. The van der Waals surface area contributed by atoms with Crippen LogP contribution in [0.3, 0.4) is 0 Å². The minimum absolute atomic E-state index is 0.0284. The highest BCUT2D eigenvalue weighted by Gasteiger charge is 2.23. The fraction of sp³-hybridized carbons (Fsp3) is 0.400. The second-order valence-electron chi connectivity index (χ2n) is 5.54. The van der Waals surface area contributed by atoms with Crippen LogP contribution in [0, 0.1) is 0 Å². The molecule has 0 spiro atoms. The highest BCUT2D eigenvalue weighted by Crippen LogP contribution is 2.35. The Kier molecular flexibility index (Phi) is 4.10. The van der Waals surface area contributed by atoms with E-state index in [0.717, 1.165) is 35.1 Å². The number of aryl methyl sites for hydroxylation is 2. The van der Waals surface area contributed by atoms with Crippen LogP contribution in [0.25, 0.3) is 10.2 Å². The molecule has 2 heterocycles. The average Bonchev–Trinajstić information content (AvgIpc) is 2.99. The van der Waals surface area contributed by atoms with Gasteiger partial charge >= 0.3 is 0 Å². The third kappa shape index (κ3) is 2.70. The van der Waals surface area contributed by atoms with Gasteiger partial charge in [-0.15, -0.1) is 11.3 Å². The predicted octanol–water partition coefficient (Wildman–Crippen LogP) is 2.10. The molecule has 1 aliphatic carbocycles. The Morgan fingerprint density at radius 3 is 2.95 bits per heavy atom. The van der Waals surface area contributed by atoms with Gasteiger partial charge in [0.2, 0.25) is 5.91 Å². The minimum atomic E-state index is -0.421. The summed E-state index contributed by atoms with van der Waals surface area (Å²) < 4.78 is 1.61. The van der Waals surface area contributed by atoms with Crippen LogP contribution in [0.1, 0.15) is 23.8 Å². The lowest BCUT2D eigenvalue weighted by Gasteiger charge is -2.11. The van der Waals surface area contributed by atoms with E-state index in [2.05, 4.69) is 11.6 Å². The molecule has 0 atom stereocenters. The number of primary amides is 1. The van der Waals surface area contributed by atoms with E-state index in [9.17, 15) is 9.59 Å². The van der Waals surface area contributed by atoms with Gasteiger partial charge in [0.1, 0.15) is 4.83 Å². The molecule has 116 valence electrons. The van der Waals surface area contributed by atoms with Crippen molar-refractivity contribution in [2.45, 2.75) is 37.9 Å². The van der Waals surface area contributed by atoms with Gasteiger partial charge in [-0.3, -0.25) is 14.2 Å². The standard InChI is InChI=1S/C15H17N3O2S2/c1-8(2)6-18-14(20)12-9-4-3-5-10(9)22-13(12)17-15(18)21-7-11(16)19/h1,3-7H2,2H3,(H2,16,19). The van der Waals surface area contributed by atoms with Gasteiger partial charge < -0.3 is 5.73 Å². The normalized spacial score (nSPS) is 13.5. The Balaban J connectivity index is 2.18. The largest absolute Gasteiger partial charge is 0.369 e. The Bertz CT molecular complexity index is 835. The van der Waals surface area contributed by atoms with E-state index in [0.29, 0.717) is 11.7 Å². The van der Waals surface area contributed by atoms with E-state index in [1.807, 2.05) is 6.92 Å². The zero-order chi connectivity index (χ0) is 15.9. The quantitative estimate of drug-likeness (QED) is 0.516. The molecule has 7 heteroatoms. The number of amides is 1. The molecular weight excluding hydrogens is 318 g/mol. The molecule has 0 aromatic carbocycles. The van der Waals surface area contributed by atoms with E-state index < -0.39 is 5.91 Å². The van der Waals surface area contributed by atoms with Crippen LogP contribution in [-0.2, 0) is 24.2 Å². The number of aromatic nitrogens is 2. The van der Waals surface area contributed by atoms with Crippen LogP contribution in [0.5, 0.6) is 0 Å². The monoisotopic (exact) mass is 335 g/mol. The molecular formula is C15H17N3O2S2. The topological polar surface area (TPSA) is 78.0 Å². The maximum absolute atomic E-state index is 12.9. The minimum Gasteiger partial charge on any atom is -0.369 e. The third-order valence-electron chi connectivity index (χ3n) is 3.56. The van der Waals surface area contributed by atoms with Gasteiger partial charge in [-0.25, -0.2) is 4.98 Å². The van der Waals surface area contributed by atoms with Gasteiger partial charge in [-0.05, 0) is 31.7 Å². The summed E-state index contributed by atoms with van der Waals surface area (Å²) in [4.78, 5) is 30.6. The van der Waals surface area contributed by atoms with Gasteiger partial charge in [-0.2, -0.15) is 0 Å². The zero-order valence-corrected chi connectivity index (χ0v) is 14.0. The lowest BCUT2D eigenvalue weighted by atomic mass is 10.2. The van der Waals surface area contributed by atoms with Crippen LogP contribution in [-0.4, -0.2) is 21.2 Å². The second-order valence-corrected chi connectivity index (χ2v) is 7.56. The molecule has 2 aromatic heterocycles. The van der Waals surface area contributed by atoms with Crippen LogP contribution in [0.15, 0.2) is 22.1 Å². The molecule has 0 unspecified atom stereocenters. The highest BCUT2D eigenvalue weighted by molar-refractivity contribution is 7.99. The molecule has 2 aromatic rings. The van der Waals surface area contributed by atoms with E-state index >= 15 is 0 Å². The van der Waals surface area contributed by atoms with Crippen LogP contribution in [0.2, 0.25) is 0 Å². The molecule has 0 bridgehead atoms. The maximum Gasteiger partial charge on any atom is 0.263 e. The second kappa shape index (κ2) is 5.89. The molecule has 5 nitrogen and oxygen atoms in total. The lowest BCUT2D eigenvalue weighted by Crippen LogP contribution is -2.24. The predicted molar refractivity (Wildman–Crippen MR) is 90.6 cm³/mol. The number of hydrogen-bond acceptors (Lipinski definition) is 5. The fourth-order valence-electron chi connectivity index (χ4n) is 2.71. The number of fused-ring (bicyclic) bond motifs is 3. The van der Waals surface area contributed by atoms with Crippen molar-refractivity contribution >= 4 is 39.2 Å². The molecule has 22 heavy (non-hydrogen) atoms. The summed E-state index contributed by atoms with van der Waals surface area (Å²) in [6.45, 7) is 6.16. The molecule has 1 aliphatic rings. The van der Waals surface area contributed by atoms with Crippen molar-refractivity contribution in [1.29, 1.82) is 0 Å². The average molecular weight is 335 g/mol. The Morgan fingerprint density at radius 1 is 1.50 bits per heavy atom. The summed E-state index contributed by atoms with van der Waals surface area (Å²) in [5.74, 6) is -0.311. The van der Waals surface area contributed by atoms with Crippen molar-refractivity contribution in [2.75, 3.05) is 5.75 Å². The molecule has 0 radical (unpaired) electrons. The summed E-state index contributed by atoms with van der Waals surface area (Å²) in [6.07, 6.45) is 3.09. The Hall–Kier alpha value is -1.60. The van der Waals surface area contributed by atoms with Crippen molar-refractivity contribution in [1.82, 2.24) is 9.55 Å². The summed E-state index contributed by atoms with van der Waals surface area (Å²) in [6, 6.07) is 0. The van der Waals surface area contributed by atoms with Gasteiger partial charge in [0.15, 0.2) is 5.16 Å². The summed E-state index contributed by atoms with van der Waals surface area (Å²) >= 11 is 2.81. The first kappa shape index (κ1) is 15.3. The highest BCUT2D eigenvalue weighted by atomic mass is 32.2. The van der Waals surface area contributed by atoms with Gasteiger partial charge in [0.05, 0.1) is 11.1 Å². The number of carbonyl (C=O) groups is 1. The first-order valence-electron chi connectivity index (χ1n) is 7.08. The van der Waals surface area contributed by atoms with Crippen molar-refractivity contribution < 1.29 is 4.79 Å². The fourth-order valence-corrected chi connectivity index (χ4v) is 4.75. The van der Waals surface area contributed by atoms with E-state index in [1.165, 1.54) is 22.2 Å². The number of thioether (sulfide) groups is 1. The molecule has 0 saturated carbocycles. The van der Waals surface area contributed by atoms with Crippen molar-refractivity contribution in [3.05, 3.63) is 32.9 Å². The molecule has 0 saturated heterocycles. The molecule has 1 amide bonds. The van der Waals surface area contributed by atoms with E-state index in [4.69, 9.17) is 5.73 Å². The van der Waals surface area contributed by atoms with Crippen molar-refractivity contribution in [2.24, 2.45) is 5.73 Å². The third-order valence-corrected chi connectivity index (χ3v) is 5.75. The number of thiophene rings is 1. The maximum atomic E-state index is 12.9. The smallest absolute Gasteiger partial charge is 0.263 e. The van der Waals surface area contributed by atoms with Gasteiger partial charge in [0.25, 0.3) is 5.56 Å². The van der Waals surface area contributed by atoms with E-state index in [-0.39, 0.29) is 11.3 Å². The lowest BCUT2D eigenvalue weighted by molar-refractivity contribution is -0.115. The SMILES string of the molecule is C=C(C)Cn1c(SCC(N)=O)nc2sc3c(c2c1=O)CCC3. The molecule has 0 aliphatic heterocycles.